The lowest BCUT2D eigenvalue weighted by atomic mass is 10.4. The van der Waals surface area contributed by atoms with Crippen LogP contribution in [0.1, 0.15) is 9.67 Å². The molecule has 1 N–H and O–H groups in total. The fourth-order valence-corrected chi connectivity index (χ4v) is 1.67. The number of hydrogen-bond donors (Lipinski definition) is 1. The normalized spacial score (nSPS) is 9.75. The Morgan fingerprint density at radius 3 is 2.67 bits per heavy atom. The summed E-state index contributed by atoms with van der Waals surface area (Å²) >= 11 is 6.08. The molecule has 0 radical (unpaired) electrons. The second-order valence-electron chi connectivity index (χ2n) is 1.83. The smallest absolute Gasteiger partial charge is 0.353 e. The number of rotatable bonds is 2. The number of carboxylic acid groups (broad SMARTS) is 1. The molecule has 1 heterocycles. The van der Waals surface area contributed by atoms with Crippen LogP contribution in [0.5, 0.6) is 0 Å². The van der Waals surface area contributed by atoms with Crippen LogP contribution in [0, 0.1) is 10.1 Å². The molecule has 0 fully saturated rings. The largest absolute Gasteiger partial charge is 0.477 e. The summed E-state index contributed by atoms with van der Waals surface area (Å²) < 4.78 is 0.0964. The van der Waals surface area contributed by atoms with Gasteiger partial charge in [0.05, 0.1) is 4.92 Å². The van der Waals surface area contributed by atoms with E-state index in [0.717, 1.165) is 6.07 Å². The number of thiophene rings is 1. The van der Waals surface area contributed by atoms with E-state index in [0.29, 0.717) is 11.3 Å². The first kappa shape index (κ1) is 8.95. The topological polar surface area (TPSA) is 80.4 Å². The van der Waals surface area contributed by atoms with Gasteiger partial charge in [0.15, 0.2) is 4.88 Å². The van der Waals surface area contributed by atoms with Gasteiger partial charge in [0, 0.05) is 6.07 Å². The van der Waals surface area contributed by atoms with Gasteiger partial charge in [0.1, 0.15) is 4.34 Å². The van der Waals surface area contributed by atoms with Crippen molar-refractivity contribution in [2.45, 2.75) is 0 Å². The minimum absolute atomic E-state index is 0.0964. The van der Waals surface area contributed by atoms with Crippen LogP contribution in [-0.4, -0.2) is 16.0 Å². The van der Waals surface area contributed by atoms with Crippen molar-refractivity contribution in [2.75, 3.05) is 0 Å². The fourth-order valence-electron chi connectivity index (χ4n) is 0.641. The van der Waals surface area contributed by atoms with Crippen LogP contribution in [0.4, 0.5) is 5.69 Å². The molecule has 0 unspecified atom stereocenters. The molecule has 12 heavy (non-hydrogen) atoms. The summed E-state index contributed by atoms with van der Waals surface area (Å²) in [5.74, 6) is -1.33. The van der Waals surface area contributed by atoms with Gasteiger partial charge < -0.3 is 5.11 Å². The van der Waals surface area contributed by atoms with E-state index in [1.165, 1.54) is 0 Å². The maximum atomic E-state index is 10.4. The van der Waals surface area contributed by atoms with Gasteiger partial charge in [-0.05, 0) is 0 Å². The molecular formula is C5H2ClNO4S. The molecular weight excluding hydrogens is 206 g/mol. The van der Waals surface area contributed by atoms with Crippen molar-refractivity contribution in [2.24, 2.45) is 0 Å². The number of nitrogens with zero attached hydrogens (tertiary/aromatic N) is 1. The monoisotopic (exact) mass is 207 g/mol. The summed E-state index contributed by atoms with van der Waals surface area (Å²) in [6.45, 7) is 0. The molecule has 0 atom stereocenters. The molecule has 0 aliphatic heterocycles. The Morgan fingerprint density at radius 2 is 2.33 bits per heavy atom. The van der Waals surface area contributed by atoms with E-state index in [4.69, 9.17) is 16.7 Å². The highest BCUT2D eigenvalue weighted by Crippen LogP contribution is 2.32. The van der Waals surface area contributed by atoms with Crippen LogP contribution in [-0.2, 0) is 0 Å². The standard InChI is InChI=1S/C5H2ClNO4S/c6-3-1-2(7(10)11)4(12-3)5(8)9/h1H,(H,8,9). The first-order chi connectivity index (χ1) is 5.52. The van der Waals surface area contributed by atoms with Gasteiger partial charge in [-0.15, -0.1) is 11.3 Å². The van der Waals surface area contributed by atoms with Crippen LogP contribution in [0.15, 0.2) is 6.07 Å². The molecule has 5 nitrogen and oxygen atoms in total. The lowest BCUT2D eigenvalue weighted by molar-refractivity contribution is -0.384. The molecule has 64 valence electrons. The van der Waals surface area contributed by atoms with Crippen molar-refractivity contribution in [3.63, 3.8) is 0 Å². The van der Waals surface area contributed by atoms with E-state index < -0.39 is 16.6 Å². The Morgan fingerprint density at radius 1 is 1.75 bits per heavy atom. The third kappa shape index (κ3) is 1.54. The zero-order chi connectivity index (χ0) is 9.30. The van der Waals surface area contributed by atoms with Gasteiger partial charge in [-0.1, -0.05) is 11.6 Å². The molecule has 0 saturated heterocycles. The molecule has 1 aromatic heterocycles. The van der Waals surface area contributed by atoms with Gasteiger partial charge in [0.2, 0.25) is 0 Å². The summed E-state index contributed by atoms with van der Waals surface area (Å²) in [6.07, 6.45) is 0. The fraction of sp³-hybridized carbons (Fsp3) is 0. The Hall–Kier alpha value is -1.14. The van der Waals surface area contributed by atoms with E-state index in [1.54, 1.807) is 0 Å². The SMILES string of the molecule is O=C(O)c1sc(Cl)cc1[N+](=O)[O-]. The van der Waals surface area contributed by atoms with Crippen LogP contribution >= 0.6 is 22.9 Å². The maximum Gasteiger partial charge on any atom is 0.353 e. The van der Waals surface area contributed by atoms with Crippen molar-refractivity contribution in [3.05, 3.63) is 25.4 Å². The molecule has 0 bridgehead atoms. The van der Waals surface area contributed by atoms with Crippen LogP contribution in [0.3, 0.4) is 0 Å². The predicted octanol–water partition coefficient (Wildman–Crippen LogP) is 2.01. The summed E-state index contributed by atoms with van der Waals surface area (Å²) in [6, 6.07) is 1.02. The first-order valence-electron chi connectivity index (χ1n) is 2.69. The van der Waals surface area contributed by atoms with E-state index >= 15 is 0 Å². The van der Waals surface area contributed by atoms with Crippen molar-refractivity contribution in [1.82, 2.24) is 0 Å². The Balaban J connectivity index is 3.26. The predicted molar refractivity (Wildman–Crippen MR) is 42.9 cm³/mol. The quantitative estimate of drug-likeness (QED) is 0.594. The molecule has 0 aromatic carbocycles. The summed E-state index contributed by atoms with van der Waals surface area (Å²) in [4.78, 5) is 19.5. The van der Waals surface area contributed by atoms with Crippen LogP contribution < -0.4 is 0 Å². The molecule has 0 spiro atoms. The molecule has 0 amide bonds. The van der Waals surface area contributed by atoms with E-state index in [-0.39, 0.29) is 9.21 Å². The Bertz CT molecular complexity index is 316. The zero-order valence-electron chi connectivity index (χ0n) is 5.48. The van der Waals surface area contributed by atoms with Gasteiger partial charge in [0.25, 0.3) is 5.69 Å². The Kier molecular flexibility index (Phi) is 2.30. The Labute approximate surface area is 75.3 Å². The maximum absolute atomic E-state index is 10.4. The second kappa shape index (κ2) is 3.08. The highest BCUT2D eigenvalue weighted by atomic mass is 35.5. The second-order valence-corrected chi connectivity index (χ2v) is 3.51. The summed E-state index contributed by atoms with van der Waals surface area (Å²) in [5.41, 5.74) is -0.461. The average molecular weight is 208 g/mol. The number of hydrogen-bond acceptors (Lipinski definition) is 4. The molecule has 0 aliphatic carbocycles. The number of carboxylic acids is 1. The van der Waals surface area contributed by atoms with Crippen molar-refractivity contribution in [1.29, 1.82) is 0 Å². The molecule has 7 heteroatoms. The third-order valence-corrected chi connectivity index (χ3v) is 2.31. The van der Waals surface area contributed by atoms with E-state index in [9.17, 15) is 14.9 Å². The van der Waals surface area contributed by atoms with Gasteiger partial charge in [-0.25, -0.2) is 4.79 Å². The average Bonchev–Trinajstić information content (AvgIpc) is 2.31. The van der Waals surface area contributed by atoms with Gasteiger partial charge in [-0.2, -0.15) is 0 Å². The van der Waals surface area contributed by atoms with E-state index in [2.05, 4.69) is 0 Å². The van der Waals surface area contributed by atoms with Crippen LogP contribution in [0.2, 0.25) is 4.34 Å². The minimum Gasteiger partial charge on any atom is -0.477 e. The van der Waals surface area contributed by atoms with Crippen LogP contribution in [0.25, 0.3) is 0 Å². The number of aromatic carboxylic acids is 1. The lowest BCUT2D eigenvalue weighted by Gasteiger charge is -1.86. The number of nitro groups is 1. The zero-order valence-corrected chi connectivity index (χ0v) is 7.06. The highest BCUT2D eigenvalue weighted by molar-refractivity contribution is 7.18. The van der Waals surface area contributed by atoms with Crippen molar-refractivity contribution in [3.8, 4) is 0 Å². The third-order valence-electron chi connectivity index (χ3n) is 1.07. The van der Waals surface area contributed by atoms with Crippen molar-refractivity contribution < 1.29 is 14.8 Å². The molecule has 0 aliphatic rings. The summed E-state index contributed by atoms with van der Waals surface area (Å²) in [5, 5.41) is 18.7. The number of carbonyl (C=O) groups is 1. The van der Waals surface area contributed by atoms with Gasteiger partial charge >= 0.3 is 5.97 Å². The van der Waals surface area contributed by atoms with E-state index in [1.807, 2.05) is 0 Å². The highest BCUT2D eigenvalue weighted by Gasteiger charge is 2.23. The molecule has 1 rings (SSSR count). The summed E-state index contributed by atoms with van der Waals surface area (Å²) in [7, 11) is 0. The minimum atomic E-state index is -1.33. The lowest BCUT2D eigenvalue weighted by Crippen LogP contribution is -1.97. The molecule has 0 saturated carbocycles. The molecule has 1 aromatic rings. The first-order valence-corrected chi connectivity index (χ1v) is 3.89. The number of halogens is 1. The van der Waals surface area contributed by atoms with Crippen molar-refractivity contribution >= 4 is 34.6 Å². The van der Waals surface area contributed by atoms with Gasteiger partial charge in [-0.3, -0.25) is 10.1 Å².